The maximum atomic E-state index is 12.0. The van der Waals surface area contributed by atoms with Gasteiger partial charge in [-0.15, -0.1) is 11.3 Å². The Kier molecular flexibility index (Phi) is 3.90. The van der Waals surface area contributed by atoms with Gasteiger partial charge in [-0.2, -0.15) is 0 Å². The Bertz CT molecular complexity index is 687. The lowest BCUT2D eigenvalue weighted by Gasteiger charge is -2.07. The van der Waals surface area contributed by atoms with Crippen molar-refractivity contribution < 1.29 is 8.42 Å². The van der Waals surface area contributed by atoms with Gasteiger partial charge in [-0.1, -0.05) is 11.6 Å². The maximum Gasteiger partial charge on any atom is 0.273 e. The van der Waals surface area contributed by atoms with Gasteiger partial charge in [0.05, 0.1) is 16.9 Å². The quantitative estimate of drug-likeness (QED) is 0.845. The lowest BCUT2D eigenvalue weighted by Crippen LogP contribution is -2.12. The molecule has 0 fully saturated rings. The van der Waals surface area contributed by atoms with Crippen molar-refractivity contribution in [1.82, 2.24) is 9.97 Å². The van der Waals surface area contributed by atoms with Gasteiger partial charge in [-0.05, 0) is 28.9 Å². The second kappa shape index (κ2) is 5.12. The molecular weight excluding hydrogens is 362 g/mol. The van der Waals surface area contributed by atoms with Crippen LogP contribution in [-0.4, -0.2) is 18.4 Å². The molecule has 0 saturated heterocycles. The highest BCUT2D eigenvalue weighted by molar-refractivity contribution is 9.10. The fraction of sp³-hybridized carbons (Fsp3) is 0.111. The van der Waals surface area contributed by atoms with Gasteiger partial charge in [0, 0.05) is 10.7 Å². The number of rotatable bonds is 3. The molecular formula is C9H7BrClN3O2S2. The van der Waals surface area contributed by atoms with Crippen LogP contribution in [0.2, 0.25) is 5.15 Å². The highest BCUT2D eigenvalue weighted by Gasteiger charge is 2.19. The highest BCUT2D eigenvalue weighted by atomic mass is 79.9. The summed E-state index contributed by atoms with van der Waals surface area (Å²) in [5.74, 6) is 0. The molecule has 2 aromatic rings. The number of nitrogens with zero attached hydrogens (tertiary/aromatic N) is 2. The molecule has 5 nitrogen and oxygen atoms in total. The Morgan fingerprint density at radius 3 is 2.72 bits per heavy atom. The smallest absolute Gasteiger partial charge is 0.273 e. The Morgan fingerprint density at radius 1 is 1.39 bits per heavy atom. The zero-order valence-corrected chi connectivity index (χ0v) is 13.0. The van der Waals surface area contributed by atoms with Crippen molar-refractivity contribution in [2.45, 2.75) is 11.1 Å². The van der Waals surface area contributed by atoms with Crippen molar-refractivity contribution in [3.05, 3.63) is 33.1 Å². The van der Waals surface area contributed by atoms with Gasteiger partial charge < -0.3 is 0 Å². The van der Waals surface area contributed by atoms with E-state index in [2.05, 4.69) is 30.6 Å². The van der Waals surface area contributed by atoms with Crippen molar-refractivity contribution in [3.8, 4) is 0 Å². The van der Waals surface area contributed by atoms with E-state index in [4.69, 9.17) is 11.6 Å². The molecule has 0 aliphatic heterocycles. The average Bonchev–Trinajstić information content (AvgIpc) is 2.71. The number of hydrogen-bond acceptors (Lipinski definition) is 5. The van der Waals surface area contributed by atoms with Crippen molar-refractivity contribution in [1.29, 1.82) is 0 Å². The van der Waals surface area contributed by atoms with Crippen LogP contribution in [0.3, 0.4) is 0 Å². The molecule has 9 heteroatoms. The van der Waals surface area contributed by atoms with E-state index in [1.165, 1.54) is 12.4 Å². The standard InChI is InChI=1S/C9H7BrClN3O2S2/c1-5-12-4-8(17-5)18(15,16)14-7-2-6(10)3-13-9(7)11/h2-4,14H,1H3. The van der Waals surface area contributed by atoms with Gasteiger partial charge in [0.25, 0.3) is 10.0 Å². The Morgan fingerprint density at radius 2 is 2.11 bits per heavy atom. The number of aromatic nitrogens is 2. The van der Waals surface area contributed by atoms with Crippen LogP contribution in [0.25, 0.3) is 0 Å². The van der Waals surface area contributed by atoms with E-state index in [0.717, 1.165) is 11.3 Å². The average molecular weight is 369 g/mol. The second-order valence-electron chi connectivity index (χ2n) is 3.30. The van der Waals surface area contributed by atoms with Crippen LogP contribution in [0.1, 0.15) is 5.01 Å². The molecule has 96 valence electrons. The molecule has 0 aromatic carbocycles. The van der Waals surface area contributed by atoms with E-state index in [1.807, 2.05) is 0 Å². The fourth-order valence-corrected chi connectivity index (χ4v) is 3.86. The van der Waals surface area contributed by atoms with Gasteiger partial charge >= 0.3 is 0 Å². The predicted octanol–water partition coefficient (Wildman–Crippen LogP) is 3.06. The minimum atomic E-state index is -3.67. The van der Waals surface area contributed by atoms with E-state index >= 15 is 0 Å². The Hall–Kier alpha value is -0.700. The van der Waals surface area contributed by atoms with Crippen molar-refractivity contribution >= 4 is 54.6 Å². The topological polar surface area (TPSA) is 72.0 Å². The first-order valence-corrected chi connectivity index (χ1v) is 8.12. The third-order valence-corrected chi connectivity index (χ3v) is 5.39. The van der Waals surface area contributed by atoms with Crippen LogP contribution in [0.5, 0.6) is 0 Å². The molecule has 2 aromatic heterocycles. The van der Waals surface area contributed by atoms with Crippen LogP contribution in [0, 0.1) is 6.92 Å². The summed E-state index contributed by atoms with van der Waals surface area (Å²) >= 11 is 10.1. The number of pyridine rings is 1. The molecule has 2 rings (SSSR count). The minimum Gasteiger partial charge on any atom is -0.276 e. The summed E-state index contributed by atoms with van der Waals surface area (Å²) in [7, 11) is -3.67. The molecule has 0 amide bonds. The molecule has 0 aliphatic carbocycles. The van der Waals surface area contributed by atoms with E-state index in [0.29, 0.717) is 9.48 Å². The minimum absolute atomic E-state index is 0.0861. The van der Waals surface area contributed by atoms with Gasteiger partial charge in [-0.3, -0.25) is 4.72 Å². The largest absolute Gasteiger partial charge is 0.276 e. The third-order valence-electron chi connectivity index (χ3n) is 1.91. The van der Waals surface area contributed by atoms with Crippen LogP contribution in [0.4, 0.5) is 5.69 Å². The van der Waals surface area contributed by atoms with Gasteiger partial charge in [0.2, 0.25) is 0 Å². The van der Waals surface area contributed by atoms with E-state index in [9.17, 15) is 8.42 Å². The van der Waals surface area contributed by atoms with Gasteiger partial charge in [-0.25, -0.2) is 18.4 Å². The van der Waals surface area contributed by atoms with E-state index in [1.54, 1.807) is 13.0 Å². The predicted molar refractivity (Wildman–Crippen MR) is 74.6 cm³/mol. The summed E-state index contributed by atoms with van der Waals surface area (Å²) in [6.45, 7) is 1.73. The summed E-state index contributed by atoms with van der Waals surface area (Å²) in [5.41, 5.74) is 0.220. The Labute approximate surface area is 121 Å². The number of nitrogens with one attached hydrogen (secondary N) is 1. The molecule has 18 heavy (non-hydrogen) atoms. The monoisotopic (exact) mass is 367 g/mol. The molecule has 1 N–H and O–H groups in total. The van der Waals surface area contributed by atoms with Crippen molar-refractivity contribution in [2.24, 2.45) is 0 Å². The molecule has 0 saturated carbocycles. The third kappa shape index (κ3) is 3.00. The fourth-order valence-electron chi connectivity index (χ4n) is 1.16. The highest BCUT2D eigenvalue weighted by Crippen LogP contribution is 2.27. The maximum absolute atomic E-state index is 12.0. The van der Waals surface area contributed by atoms with Crippen LogP contribution in [-0.2, 0) is 10.0 Å². The summed E-state index contributed by atoms with van der Waals surface area (Å²) in [5, 5.41) is 0.761. The van der Waals surface area contributed by atoms with Crippen LogP contribution in [0.15, 0.2) is 27.1 Å². The van der Waals surface area contributed by atoms with Crippen molar-refractivity contribution in [2.75, 3.05) is 4.72 Å². The first-order valence-electron chi connectivity index (χ1n) is 4.65. The lowest BCUT2D eigenvalue weighted by molar-refractivity contribution is 0.603. The second-order valence-corrected chi connectivity index (χ2v) is 7.71. The number of hydrogen-bond donors (Lipinski definition) is 1. The van der Waals surface area contributed by atoms with E-state index in [-0.39, 0.29) is 15.0 Å². The Balaban J connectivity index is 2.36. The number of halogens is 2. The van der Waals surface area contributed by atoms with Crippen molar-refractivity contribution in [3.63, 3.8) is 0 Å². The molecule has 2 heterocycles. The lowest BCUT2D eigenvalue weighted by atomic mass is 10.4. The number of thiazole rings is 1. The molecule has 0 spiro atoms. The van der Waals surface area contributed by atoms with Crippen LogP contribution >= 0.6 is 38.9 Å². The normalized spacial score (nSPS) is 11.5. The zero-order chi connectivity index (χ0) is 13.3. The van der Waals surface area contributed by atoms with Gasteiger partial charge in [0.1, 0.15) is 0 Å². The number of anilines is 1. The zero-order valence-electron chi connectivity index (χ0n) is 9.02. The number of sulfonamides is 1. The summed E-state index contributed by atoms with van der Waals surface area (Å²) in [6.07, 6.45) is 2.79. The molecule has 0 unspecified atom stereocenters. The summed E-state index contributed by atoms with van der Waals surface area (Å²) < 4.78 is 27.2. The van der Waals surface area contributed by atoms with E-state index < -0.39 is 10.0 Å². The van der Waals surface area contributed by atoms with Gasteiger partial charge in [0.15, 0.2) is 9.36 Å². The number of aryl methyl sites for hydroxylation is 1. The molecule has 0 aliphatic rings. The van der Waals surface area contributed by atoms with Crippen LogP contribution < -0.4 is 4.72 Å². The summed E-state index contributed by atoms with van der Waals surface area (Å²) in [6, 6.07) is 1.54. The first kappa shape index (κ1) is 13.7. The molecule has 0 radical (unpaired) electrons. The SMILES string of the molecule is Cc1ncc(S(=O)(=O)Nc2cc(Br)cnc2Cl)s1. The summed E-state index contributed by atoms with van der Waals surface area (Å²) in [4.78, 5) is 7.75. The first-order chi connectivity index (χ1) is 8.38. The molecule has 0 bridgehead atoms. The molecule has 0 atom stereocenters.